The van der Waals surface area contributed by atoms with Crippen molar-refractivity contribution in [2.45, 2.75) is 31.8 Å². The fraction of sp³-hybridized carbons (Fsp3) is 0.833. The van der Waals surface area contributed by atoms with Gasteiger partial charge in [-0.1, -0.05) is 0 Å². The number of nitrogens with zero attached hydrogens (tertiary/aromatic N) is 5. The van der Waals surface area contributed by atoms with Gasteiger partial charge < -0.3 is 0 Å². The lowest BCUT2D eigenvalue weighted by Crippen LogP contribution is -2.35. The third-order valence-corrected chi connectivity index (χ3v) is 5.68. The van der Waals surface area contributed by atoms with Gasteiger partial charge in [0.15, 0.2) is 0 Å². The van der Waals surface area contributed by atoms with Crippen LogP contribution in [0.4, 0.5) is 0 Å². The summed E-state index contributed by atoms with van der Waals surface area (Å²) < 4.78 is 26.6. The lowest BCUT2D eigenvalue weighted by molar-refractivity contribution is 0.227. The Kier molecular flexibility index (Phi) is 5.11. The number of hydrogen-bond acceptors (Lipinski definition) is 5. The summed E-state index contributed by atoms with van der Waals surface area (Å²) in [7, 11) is 0.0859. The first kappa shape index (κ1) is 15.4. The Morgan fingerprint density at radius 1 is 1.40 bits per heavy atom. The van der Waals surface area contributed by atoms with Crippen LogP contribution in [0.1, 0.15) is 19.3 Å². The molecular weight excluding hydrogens is 278 g/mol. The standard InChI is InChI=1S/C12H23N5O2S/c1-15(2)20(18,19)8-4-7-16-6-3-5-12(16)9-17-11-13-10-14-17/h10-12H,3-9H2,1-2H3/t12-/m1/s1. The van der Waals surface area contributed by atoms with Crippen LogP contribution < -0.4 is 0 Å². The van der Waals surface area contributed by atoms with E-state index in [1.54, 1.807) is 26.7 Å². The third kappa shape index (κ3) is 4.00. The van der Waals surface area contributed by atoms with Gasteiger partial charge >= 0.3 is 0 Å². The molecule has 0 aromatic carbocycles. The molecule has 1 atom stereocenters. The monoisotopic (exact) mass is 301 g/mol. The highest BCUT2D eigenvalue weighted by atomic mass is 32.2. The topological polar surface area (TPSA) is 71.3 Å². The molecule has 0 bridgehead atoms. The molecule has 1 fully saturated rings. The normalized spacial score (nSPS) is 20.9. The van der Waals surface area contributed by atoms with Gasteiger partial charge in [-0.05, 0) is 32.4 Å². The van der Waals surface area contributed by atoms with Crippen LogP contribution in [0.25, 0.3) is 0 Å². The second-order valence-corrected chi connectivity index (χ2v) is 7.70. The van der Waals surface area contributed by atoms with E-state index < -0.39 is 10.0 Å². The quantitative estimate of drug-likeness (QED) is 0.710. The van der Waals surface area contributed by atoms with Crippen LogP contribution in [0.15, 0.2) is 12.7 Å². The zero-order valence-electron chi connectivity index (χ0n) is 12.1. The van der Waals surface area contributed by atoms with Gasteiger partial charge in [0.1, 0.15) is 12.7 Å². The summed E-state index contributed by atoms with van der Waals surface area (Å²) in [5.41, 5.74) is 0. The van der Waals surface area contributed by atoms with Crippen LogP contribution >= 0.6 is 0 Å². The second-order valence-electron chi connectivity index (χ2n) is 5.40. The minimum atomic E-state index is -3.08. The van der Waals surface area contributed by atoms with Crippen LogP contribution in [-0.2, 0) is 16.6 Å². The van der Waals surface area contributed by atoms with Gasteiger partial charge in [-0.25, -0.2) is 17.7 Å². The zero-order chi connectivity index (χ0) is 14.6. The van der Waals surface area contributed by atoms with Gasteiger partial charge in [-0.3, -0.25) is 9.58 Å². The molecule has 0 saturated carbocycles. The van der Waals surface area contributed by atoms with Crippen molar-refractivity contribution < 1.29 is 8.42 Å². The van der Waals surface area contributed by atoms with Crippen LogP contribution in [0.3, 0.4) is 0 Å². The highest BCUT2D eigenvalue weighted by Gasteiger charge is 2.25. The van der Waals surface area contributed by atoms with E-state index in [-0.39, 0.29) is 5.75 Å². The average molecular weight is 301 g/mol. The van der Waals surface area contributed by atoms with Gasteiger partial charge in [0.25, 0.3) is 0 Å². The predicted octanol–water partition coefficient (Wildman–Crippen LogP) is 0.0240. The maximum Gasteiger partial charge on any atom is 0.213 e. The Morgan fingerprint density at radius 2 is 2.20 bits per heavy atom. The van der Waals surface area contributed by atoms with Crippen LogP contribution in [0.5, 0.6) is 0 Å². The first-order valence-corrected chi connectivity index (χ1v) is 8.56. The van der Waals surface area contributed by atoms with E-state index in [2.05, 4.69) is 15.0 Å². The summed E-state index contributed by atoms with van der Waals surface area (Å²) in [6.45, 7) is 2.70. The number of sulfonamides is 1. The van der Waals surface area contributed by atoms with E-state index in [1.807, 2.05) is 4.68 Å². The molecule has 0 amide bonds. The highest BCUT2D eigenvalue weighted by molar-refractivity contribution is 7.89. The zero-order valence-corrected chi connectivity index (χ0v) is 13.0. The Bertz CT molecular complexity index is 500. The Labute approximate surface area is 120 Å². The number of likely N-dealkylation sites (tertiary alicyclic amines) is 1. The van der Waals surface area contributed by atoms with E-state index >= 15 is 0 Å². The summed E-state index contributed by atoms with van der Waals surface area (Å²) >= 11 is 0. The van der Waals surface area contributed by atoms with Crippen molar-refractivity contribution in [2.75, 3.05) is 32.9 Å². The van der Waals surface area contributed by atoms with E-state index in [1.165, 1.54) is 10.7 Å². The van der Waals surface area contributed by atoms with Crippen LogP contribution in [-0.4, -0.2) is 71.4 Å². The number of hydrogen-bond donors (Lipinski definition) is 0. The smallest absolute Gasteiger partial charge is 0.213 e. The first-order valence-electron chi connectivity index (χ1n) is 6.96. The molecule has 8 heteroatoms. The molecule has 0 unspecified atom stereocenters. The molecule has 7 nitrogen and oxygen atoms in total. The van der Waals surface area contributed by atoms with E-state index in [9.17, 15) is 8.42 Å². The summed E-state index contributed by atoms with van der Waals surface area (Å²) in [4.78, 5) is 6.32. The summed E-state index contributed by atoms with van der Waals surface area (Å²) in [6.07, 6.45) is 6.25. The molecular formula is C12H23N5O2S. The molecule has 20 heavy (non-hydrogen) atoms. The fourth-order valence-corrected chi connectivity index (χ4v) is 3.43. The Balaban J connectivity index is 1.80. The van der Waals surface area contributed by atoms with Gasteiger partial charge in [-0.2, -0.15) is 5.10 Å². The van der Waals surface area contributed by atoms with Crippen molar-refractivity contribution in [3.8, 4) is 0 Å². The summed E-state index contributed by atoms with van der Waals surface area (Å²) in [6, 6.07) is 0.443. The number of aromatic nitrogens is 3. The van der Waals surface area contributed by atoms with Gasteiger partial charge in [-0.15, -0.1) is 0 Å². The molecule has 1 aliphatic heterocycles. The molecule has 0 radical (unpaired) electrons. The fourth-order valence-electron chi connectivity index (χ4n) is 2.57. The van der Waals surface area contributed by atoms with Crippen molar-refractivity contribution in [1.82, 2.24) is 24.0 Å². The van der Waals surface area contributed by atoms with E-state index in [0.29, 0.717) is 12.5 Å². The molecule has 2 rings (SSSR count). The largest absolute Gasteiger partial charge is 0.299 e. The Hall–Kier alpha value is -0.990. The molecule has 0 spiro atoms. The molecule has 0 aliphatic carbocycles. The molecule has 114 valence electrons. The number of rotatable bonds is 7. The molecule has 1 aromatic rings. The molecule has 1 aromatic heterocycles. The second kappa shape index (κ2) is 6.64. The maximum absolute atomic E-state index is 11.7. The van der Waals surface area contributed by atoms with E-state index in [4.69, 9.17) is 0 Å². The van der Waals surface area contributed by atoms with Crippen molar-refractivity contribution in [2.24, 2.45) is 0 Å². The lowest BCUT2D eigenvalue weighted by atomic mass is 10.2. The van der Waals surface area contributed by atoms with Crippen molar-refractivity contribution in [1.29, 1.82) is 0 Å². The molecule has 0 N–H and O–H groups in total. The van der Waals surface area contributed by atoms with Crippen molar-refractivity contribution >= 4 is 10.0 Å². The van der Waals surface area contributed by atoms with Gasteiger partial charge in [0, 0.05) is 20.1 Å². The van der Waals surface area contributed by atoms with Gasteiger partial charge in [0.05, 0.1) is 12.3 Å². The SMILES string of the molecule is CN(C)S(=O)(=O)CCCN1CCC[C@@H]1Cn1cncn1. The third-order valence-electron chi connectivity index (χ3n) is 3.77. The predicted molar refractivity (Wildman–Crippen MR) is 76.7 cm³/mol. The van der Waals surface area contributed by atoms with E-state index in [0.717, 1.165) is 26.1 Å². The summed E-state index contributed by atoms with van der Waals surface area (Å²) in [5.74, 6) is 0.215. The first-order chi connectivity index (χ1) is 9.49. The Morgan fingerprint density at radius 3 is 2.85 bits per heavy atom. The minimum Gasteiger partial charge on any atom is -0.299 e. The van der Waals surface area contributed by atoms with Crippen molar-refractivity contribution in [3.05, 3.63) is 12.7 Å². The van der Waals surface area contributed by atoms with Gasteiger partial charge in [0.2, 0.25) is 10.0 Å². The highest BCUT2D eigenvalue weighted by Crippen LogP contribution is 2.18. The maximum atomic E-state index is 11.7. The summed E-state index contributed by atoms with van der Waals surface area (Å²) in [5, 5.41) is 4.13. The minimum absolute atomic E-state index is 0.215. The van der Waals surface area contributed by atoms with Crippen LogP contribution in [0.2, 0.25) is 0 Å². The molecule has 2 heterocycles. The van der Waals surface area contributed by atoms with Crippen LogP contribution in [0, 0.1) is 0 Å². The lowest BCUT2D eigenvalue weighted by Gasteiger charge is -2.24. The molecule has 1 aliphatic rings. The molecule has 1 saturated heterocycles. The average Bonchev–Trinajstić information content (AvgIpc) is 3.02. The van der Waals surface area contributed by atoms with Crippen molar-refractivity contribution in [3.63, 3.8) is 0 Å².